The molecule has 3 aromatic carbocycles. The van der Waals surface area contributed by atoms with Gasteiger partial charge in [0.15, 0.2) is 0 Å². The van der Waals surface area contributed by atoms with Crippen LogP contribution in [0.4, 0.5) is 0 Å². The molecule has 4 nitrogen and oxygen atoms in total. The second-order valence-electron chi connectivity index (χ2n) is 6.80. The number of ketones is 1. The molecule has 30 heavy (non-hydrogen) atoms. The monoisotopic (exact) mass is 417 g/mol. The van der Waals surface area contributed by atoms with E-state index in [2.05, 4.69) is 5.16 Å². The summed E-state index contributed by atoms with van der Waals surface area (Å²) in [6.45, 7) is 3.89. The summed E-state index contributed by atoms with van der Waals surface area (Å²) in [5.41, 5.74) is 2.20. The number of nitrogens with zero attached hydrogens (tertiary/aromatic N) is 1. The highest BCUT2D eigenvalue weighted by molar-refractivity contribution is 7.99. The predicted molar refractivity (Wildman–Crippen MR) is 120 cm³/mol. The van der Waals surface area contributed by atoms with Gasteiger partial charge in [0.2, 0.25) is 5.78 Å². The lowest BCUT2D eigenvalue weighted by molar-refractivity contribution is 0.0514. The van der Waals surface area contributed by atoms with Crippen molar-refractivity contribution in [1.29, 1.82) is 0 Å². The molecule has 0 aliphatic carbocycles. The van der Waals surface area contributed by atoms with Crippen molar-refractivity contribution in [2.45, 2.75) is 36.5 Å². The summed E-state index contributed by atoms with van der Waals surface area (Å²) in [6, 6.07) is 24.4. The van der Waals surface area contributed by atoms with Crippen LogP contribution in [0.3, 0.4) is 0 Å². The number of hydrogen-bond acceptors (Lipinski definition) is 5. The van der Waals surface area contributed by atoms with E-state index in [0.29, 0.717) is 24.0 Å². The van der Waals surface area contributed by atoms with E-state index in [0.717, 1.165) is 15.4 Å². The van der Waals surface area contributed by atoms with Gasteiger partial charge >= 0.3 is 5.97 Å². The first kappa shape index (κ1) is 21.5. The Hall–Kier alpha value is -3.18. The van der Waals surface area contributed by atoms with E-state index in [1.54, 1.807) is 36.0 Å². The van der Waals surface area contributed by atoms with Crippen molar-refractivity contribution < 1.29 is 14.4 Å². The smallest absolute Gasteiger partial charge is 0.312 e. The minimum absolute atomic E-state index is 0.232. The average Bonchev–Trinajstić information content (AvgIpc) is 2.77. The van der Waals surface area contributed by atoms with Crippen molar-refractivity contribution >= 4 is 29.2 Å². The summed E-state index contributed by atoms with van der Waals surface area (Å²) in [5, 5.41) is 3.89. The van der Waals surface area contributed by atoms with Crippen molar-refractivity contribution in [3.8, 4) is 0 Å². The third-order valence-electron chi connectivity index (χ3n) is 4.37. The van der Waals surface area contributed by atoms with E-state index < -0.39 is 5.97 Å². The summed E-state index contributed by atoms with van der Waals surface area (Å²) in [7, 11) is 0. The number of oxime groups is 1. The van der Waals surface area contributed by atoms with Gasteiger partial charge in [-0.05, 0) is 61.9 Å². The number of rotatable bonds is 8. The fourth-order valence-corrected chi connectivity index (χ4v) is 3.58. The topological polar surface area (TPSA) is 55.7 Å². The maximum Gasteiger partial charge on any atom is 0.365 e. The number of aryl methyl sites for hydroxylation is 1. The SMILES string of the molecule is CCCC(=NOC(=O)c1ccc(C)cc1)C(=O)c1ccc(Sc2ccccc2)cc1. The zero-order chi connectivity index (χ0) is 21.3. The van der Waals surface area contributed by atoms with Crippen LogP contribution in [-0.2, 0) is 4.84 Å². The van der Waals surface area contributed by atoms with Gasteiger partial charge in [0.05, 0.1) is 5.56 Å². The molecule has 3 rings (SSSR count). The van der Waals surface area contributed by atoms with Gasteiger partial charge in [-0.3, -0.25) is 4.79 Å². The first-order chi connectivity index (χ1) is 14.6. The second kappa shape index (κ2) is 10.6. The lowest BCUT2D eigenvalue weighted by atomic mass is 10.0. The van der Waals surface area contributed by atoms with E-state index in [1.165, 1.54) is 0 Å². The maximum atomic E-state index is 12.9. The molecular weight excluding hydrogens is 394 g/mol. The molecule has 0 heterocycles. The summed E-state index contributed by atoms with van der Waals surface area (Å²) in [4.78, 5) is 32.3. The van der Waals surface area contributed by atoms with E-state index in [4.69, 9.17) is 4.84 Å². The van der Waals surface area contributed by atoms with Crippen molar-refractivity contribution in [2.75, 3.05) is 0 Å². The summed E-state index contributed by atoms with van der Waals surface area (Å²) < 4.78 is 0. The molecule has 152 valence electrons. The number of carbonyl (C=O) groups excluding carboxylic acids is 2. The average molecular weight is 418 g/mol. The van der Waals surface area contributed by atoms with Crippen LogP contribution in [0.1, 0.15) is 46.0 Å². The summed E-state index contributed by atoms with van der Waals surface area (Å²) in [5.74, 6) is -0.809. The quantitative estimate of drug-likeness (QED) is 0.186. The van der Waals surface area contributed by atoms with Gasteiger partial charge < -0.3 is 4.84 Å². The van der Waals surface area contributed by atoms with E-state index in [1.807, 2.05) is 68.4 Å². The predicted octanol–water partition coefficient (Wildman–Crippen LogP) is 6.34. The van der Waals surface area contributed by atoms with Gasteiger partial charge in [-0.2, -0.15) is 0 Å². The Bertz CT molecular complexity index is 1030. The Labute approximate surface area is 181 Å². The van der Waals surface area contributed by atoms with Crippen molar-refractivity contribution in [3.05, 3.63) is 95.6 Å². The molecule has 0 aliphatic rings. The molecular formula is C25H23NO3S. The van der Waals surface area contributed by atoms with Crippen LogP contribution < -0.4 is 0 Å². The minimum atomic E-state index is -0.578. The van der Waals surface area contributed by atoms with Gasteiger partial charge in [-0.25, -0.2) is 4.79 Å². The summed E-state index contributed by atoms with van der Waals surface area (Å²) in [6.07, 6.45) is 1.15. The third-order valence-corrected chi connectivity index (χ3v) is 5.39. The number of hydrogen-bond donors (Lipinski definition) is 0. The highest BCUT2D eigenvalue weighted by Gasteiger charge is 2.16. The Morgan fingerprint density at radius 2 is 1.43 bits per heavy atom. The fraction of sp³-hybridized carbons (Fsp3) is 0.160. The van der Waals surface area contributed by atoms with Crippen LogP contribution in [0.25, 0.3) is 0 Å². The lowest BCUT2D eigenvalue weighted by Gasteiger charge is -2.06. The van der Waals surface area contributed by atoms with Crippen molar-refractivity contribution in [2.24, 2.45) is 5.16 Å². The largest absolute Gasteiger partial charge is 0.365 e. The number of benzene rings is 3. The van der Waals surface area contributed by atoms with Gasteiger partial charge in [0, 0.05) is 15.4 Å². The fourth-order valence-electron chi connectivity index (χ4n) is 2.74. The first-order valence-electron chi connectivity index (χ1n) is 9.79. The lowest BCUT2D eigenvalue weighted by Crippen LogP contribution is -2.16. The third kappa shape index (κ3) is 5.91. The zero-order valence-corrected chi connectivity index (χ0v) is 17.8. The Kier molecular flexibility index (Phi) is 7.57. The minimum Gasteiger partial charge on any atom is -0.312 e. The molecule has 3 aromatic rings. The zero-order valence-electron chi connectivity index (χ0n) is 17.0. The Morgan fingerprint density at radius 3 is 2.07 bits per heavy atom. The molecule has 0 N–H and O–H groups in total. The van der Waals surface area contributed by atoms with Crippen LogP contribution in [0.5, 0.6) is 0 Å². The van der Waals surface area contributed by atoms with Crippen molar-refractivity contribution in [3.63, 3.8) is 0 Å². The second-order valence-corrected chi connectivity index (χ2v) is 7.95. The van der Waals surface area contributed by atoms with Crippen LogP contribution >= 0.6 is 11.8 Å². The standard InChI is InChI=1S/C25H23NO3S/c1-3-7-23(26-29-25(28)20-12-10-18(2)11-13-20)24(27)19-14-16-22(17-15-19)30-21-8-5-4-6-9-21/h4-6,8-17H,3,7H2,1-2H3. The molecule has 0 unspecified atom stereocenters. The maximum absolute atomic E-state index is 12.9. The molecule has 5 heteroatoms. The van der Waals surface area contributed by atoms with Crippen LogP contribution in [0.2, 0.25) is 0 Å². The van der Waals surface area contributed by atoms with E-state index >= 15 is 0 Å². The first-order valence-corrected chi connectivity index (χ1v) is 10.6. The molecule has 0 saturated carbocycles. The van der Waals surface area contributed by atoms with Crippen LogP contribution in [-0.4, -0.2) is 17.5 Å². The normalized spacial score (nSPS) is 11.2. The molecule has 0 fully saturated rings. The van der Waals surface area contributed by atoms with Gasteiger partial charge in [-0.1, -0.05) is 66.2 Å². The highest BCUT2D eigenvalue weighted by Crippen LogP contribution is 2.27. The van der Waals surface area contributed by atoms with Gasteiger partial charge in [0.1, 0.15) is 5.71 Å². The molecule has 0 atom stereocenters. The molecule has 0 aliphatic heterocycles. The molecule has 0 amide bonds. The highest BCUT2D eigenvalue weighted by atomic mass is 32.2. The molecule has 0 saturated heterocycles. The molecule has 0 spiro atoms. The van der Waals surface area contributed by atoms with Crippen LogP contribution in [0, 0.1) is 6.92 Å². The van der Waals surface area contributed by atoms with E-state index in [9.17, 15) is 9.59 Å². The molecule has 0 radical (unpaired) electrons. The molecule has 0 aromatic heterocycles. The van der Waals surface area contributed by atoms with Gasteiger partial charge in [-0.15, -0.1) is 0 Å². The van der Waals surface area contributed by atoms with Crippen molar-refractivity contribution in [1.82, 2.24) is 0 Å². The van der Waals surface area contributed by atoms with Crippen LogP contribution in [0.15, 0.2) is 93.8 Å². The molecule has 0 bridgehead atoms. The van der Waals surface area contributed by atoms with Gasteiger partial charge in [0.25, 0.3) is 0 Å². The Morgan fingerprint density at radius 1 is 0.833 bits per heavy atom. The summed E-state index contributed by atoms with van der Waals surface area (Å²) >= 11 is 1.63. The Balaban J connectivity index is 1.70. The number of Topliss-reactive ketones (excluding diaryl/α,β-unsaturated/α-hetero) is 1. The van der Waals surface area contributed by atoms with E-state index in [-0.39, 0.29) is 11.5 Å². The number of carbonyl (C=O) groups is 2.